The molecule has 0 N–H and O–H groups in total. The lowest BCUT2D eigenvalue weighted by molar-refractivity contribution is -0.384. The molecule has 0 radical (unpaired) electrons. The molecular formula is C27H35N5O3. The molecule has 35 heavy (non-hydrogen) atoms. The number of carbonyl (C=O) groups excluding carboxylic acids is 1. The van der Waals surface area contributed by atoms with Crippen LogP contribution in [0.3, 0.4) is 0 Å². The molecule has 1 aromatic heterocycles. The summed E-state index contributed by atoms with van der Waals surface area (Å²) in [5, 5.41) is 16.6. The van der Waals surface area contributed by atoms with E-state index in [2.05, 4.69) is 4.68 Å². The molecule has 3 fully saturated rings. The highest BCUT2D eigenvalue weighted by atomic mass is 16.6. The van der Waals surface area contributed by atoms with Crippen LogP contribution in [0.2, 0.25) is 0 Å². The molecule has 0 bridgehead atoms. The smallest absolute Gasteiger partial charge is 0.270 e. The molecule has 4 aliphatic rings. The van der Waals surface area contributed by atoms with Crippen molar-refractivity contribution in [1.29, 1.82) is 0 Å². The van der Waals surface area contributed by atoms with E-state index in [0.29, 0.717) is 23.3 Å². The summed E-state index contributed by atoms with van der Waals surface area (Å²) in [5.41, 5.74) is 0.246. The van der Waals surface area contributed by atoms with Crippen molar-refractivity contribution < 1.29 is 9.72 Å². The van der Waals surface area contributed by atoms with E-state index in [1.54, 1.807) is 12.1 Å². The van der Waals surface area contributed by atoms with Crippen molar-refractivity contribution in [2.75, 3.05) is 4.90 Å². The molecule has 186 valence electrons. The fourth-order valence-corrected chi connectivity index (χ4v) is 7.54. The van der Waals surface area contributed by atoms with Crippen LogP contribution in [0, 0.1) is 16.0 Å². The minimum absolute atomic E-state index is 0.0545. The molecule has 8 nitrogen and oxygen atoms in total. The van der Waals surface area contributed by atoms with Crippen LogP contribution in [-0.4, -0.2) is 31.6 Å². The van der Waals surface area contributed by atoms with Crippen molar-refractivity contribution in [1.82, 2.24) is 14.8 Å². The maximum atomic E-state index is 14.1. The fourth-order valence-electron chi connectivity index (χ4n) is 7.54. The normalized spacial score (nSPS) is 26.2. The van der Waals surface area contributed by atoms with Gasteiger partial charge >= 0.3 is 0 Å². The van der Waals surface area contributed by atoms with Gasteiger partial charge in [-0.15, -0.1) is 0 Å². The van der Waals surface area contributed by atoms with Gasteiger partial charge in [0.2, 0.25) is 5.95 Å². The molecule has 3 saturated carbocycles. The Hall–Kier alpha value is -2.77. The van der Waals surface area contributed by atoms with Crippen molar-refractivity contribution in [2.45, 2.75) is 107 Å². The van der Waals surface area contributed by atoms with Crippen LogP contribution in [0.1, 0.15) is 112 Å². The number of fused-ring (bicyclic) bond motifs is 4. The Labute approximate surface area is 206 Å². The van der Waals surface area contributed by atoms with Gasteiger partial charge in [-0.25, -0.2) is 4.68 Å². The Morgan fingerprint density at radius 3 is 2.46 bits per heavy atom. The maximum absolute atomic E-state index is 14.1. The first-order chi connectivity index (χ1) is 17.1. The standard InChI is InChI=1S/C27H35N5O3/c33-25(20-12-9-13-21(18-20)32(34)35)30-23-15-6-5-14-22(23)27(16-7-2-8-17-27)31-26(30)28-24(29-31)19-10-3-1-4-11-19/h9,12-13,18-19,22-23H,1-8,10-11,14-17H2/t22-,23+/m1/s1. The predicted octanol–water partition coefficient (Wildman–Crippen LogP) is 6.11. The van der Waals surface area contributed by atoms with E-state index in [0.717, 1.165) is 50.8 Å². The van der Waals surface area contributed by atoms with Gasteiger partial charge in [-0.3, -0.25) is 19.8 Å². The summed E-state index contributed by atoms with van der Waals surface area (Å²) in [6.07, 6.45) is 16.1. The summed E-state index contributed by atoms with van der Waals surface area (Å²) < 4.78 is 2.18. The number of amides is 1. The van der Waals surface area contributed by atoms with Gasteiger partial charge in [0.1, 0.15) is 0 Å². The number of nitro benzene ring substituents is 1. The third-order valence-electron chi connectivity index (χ3n) is 9.21. The van der Waals surface area contributed by atoms with E-state index in [1.165, 1.54) is 57.1 Å². The average Bonchev–Trinajstić information content (AvgIpc) is 3.36. The van der Waals surface area contributed by atoms with Crippen molar-refractivity contribution in [3.05, 3.63) is 45.8 Å². The van der Waals surface area contributed by atoms with Crippen LogP contribution in [-0.2, 0) is 5.54 Å². The fraction of sp³-hybridized carbons (Fsp3) is 0.667. The predicted molar refractivity (Wildman–Crippen MR) is 133 cm³/mol. The van der Waals surface area contributed by atoms with E-state index in [-0.39, 0.29) is 23.2 Å². The third kappa shape index (κ3) is 3.76. The molecule has 1 spiro atoms. The maximum Gasteiger partial charge on any atom is 0.270 e. The monoisotopic (exact) mass is 477 g/mol. The summed E-state index contributed by atoms with van der Waals surface area (Å²) in [7, 11) is 0. The van der Waals surface area contributed by atoms with Gasteiger partial charge in [-0.2, -0.15) is 10.1 Å². The van der Waals surface area contributed by atoms with Gasteiger partial charge < -0.3 is 0 Å². The number of non-ortho nitro benzene ring substituents is 1. The van der Waals surface area contributed by atoms with Crippen molar-refractivity contribution >= 4 is 17.5 Å². The average molecular weight is 478 g/mol. The summed E-state index contributed by atoms with van der Waals surface area (Å²) in [5.74, 6) is 2.12. The zero-order valence-electron chi connectivity index (χ0n) is 20.4. The van der Waals surface area contributed by atoms with E-state index < -0.39 is 4.92 Å². The molecule has 0 saturated heterocycles. The minimum Gasteiger partial charge on any atom is -0.273 e. The molecule has 6 rings (SSSR count). The number of anilines is 1. The zero-order chi connectivity index (χ0) is 24.0. The molecule has 2 atom stereocenters. The summed E-state index contributed by atoms with van der Waals surface area (Å²) >= 11 is 0. The number of nitrogens with zero attached hydrogens (tertiary/aromatic N) is 5. The van der Waals surface area contributed by atoms with Crippen LogP contribution >= 0.6 is 0 Å². The molecular weight excluding hydrogens is 442 g/mol. The Balaban J connectivity index is 1.49. The van der Waals surface area contributed by atoms with E-state index in [4.69, 9.17) is 10.1 Å². The first-order valence-corrected chi connectivity index (χ1v) is 13.6. The first-order valence-electron chi connectivity index (χ1n) is 13.6. The van der Waals surface area contributed by atoms with Crippen LogP contribution in [0.25, 0.3) is 0 Å². The van der Waals surface area contributed by atoms with Gasteiger partial charge in [-0.05, 0) is 44.6 Å². The second-order valence-electron chi connectivity index (χ2n) is 11.1. The van der Waals surface area contributed by atoms with Crippen molar-refractivity contribution in [2.24, 2.45) is 5.92 Å². The van der Waals surface area contributed by atoms with Gasteiger partial charge in [0.25, 0.3) is 11.6 Å². The molecule has 3 aliphatic carbocycles. The molecule has 2 heterocycles. The Morgan fingerprint density at radius 2 is 1.69 bits per heavy atom. The number of hydrogen-bond acceptors (Lipinski definition) is 5. The molecule has 0 unspecified atom stereocenters. The number of benzene rings is 1. The van der Waals surface area contributed by atoms with Crippen LogP contribution in [0.15, 0.2) is 24.3 Å². The quantitative estimate of drug-likeness (QED) is 0.392. The SMILES string of the molecule is O=C(c1cccc([N+](=O)[O-])c1)N1c2nc(C3CCCCC3)nn2C2(CCCCC2)[C@@H]2CCCC[C@@H]21. The van der Waals surface area contributed by atoms with E-state index in [9.17, 15) is 14.9 Å². The molecule has 1 amide bonds. The lowest BCUT2D eigenvalue weighted by atomic mass is 9.64. The van der Waals surface area contributed by atoms with E-state index >= 15 is 0 Å². The van der Waals surface area contributed by atoms with Crippen LogP contribution in [0.5, 0.6) is 0 Å². The zero-order valence-corrected chi connectivity index (χ0v) is 20.4. The molecule has 1 aromatic carbocycles. The Morgan fingerprint density at radius 1 is 0.971 bits per heavy atom. The Kier molecular flexibility index (Phi) is 5.85. The van der Waals surface area contributed by atoms with Crippen molar-refractivity contribution in [3.63, 3.8) is 0 Å². The van der Waals surface area contributed by atoms with Crippen LogP contribution in [0.4, 0.5) is 11.6 Å². The van der Waals surface area contributed by atoms with Gasteiger partial charge in [0, 0.05) is 35.6 Å². The lowest BCUT2D eigenvalue weighted by Gasteiger charge is -2.55. The summed E-state index contributed by atoms with van der Waals surface area (Å²) in [6, 6.07) is 6.23. The second-order valence-corrected chi connectivity index (χ2v) is 11.1. The molecule has 2 aromatic rings. The number of aromatic nitrogens is 3. The number of hydrogen-bond donors (Lipinski definition) is 0. The molecule has 1 aliphatic heterocycles. The van der Waals surface area contributed by atoms with Crippen LogP contribution < -0.4 is 4.90 Å². The highest BCUT2D eigenvalue weighted by molar-refractivity contribution is 6.06. The highest BCUT2D eigenvalue weighted by Gasteiger charge is 2.55. The van der Waals surface area contributed by atoms with Crippen molar-refractivity contribution in [3.8, 4) is 0 Å². The number of rotatable bonds is 3. The van der Waals surface area contributed by atoms with E-state index in [1.807, 2.05) is 4.90 Å². The Bertz CT molecular complexity index is 1120. The highest BCUT2D eigenvalue weighted by Crippen LogP contribution is 2.53. The van der Waals surface area contributed by atoms with Gasteiger partial charge in [0.15, 0.2) is 5.82 Å². The topological polar surface area (TPSA) is 94.2 Å². The minimum atomic E-state index is -0.433. The number of nitro groups is 1. The van der Waals surface area contributed by atoms with Gasteiger partial charge in [-0.1, -0.05) is 57.4 Å². The third-order valence-corrected chi connectivity index (χ3v) is 9.21. The molecule has 8 heteroatoms. The second kappa shape index (κ2) is 9.03. The summed E-state index contributed by atoms with van der Waals surface area (Å²) in [4.78, 5) is 32.1. The first kappa shape index (κ1) is 22.7. The number of carbonyl (C=O) groups is 1. The van der Waals surface area contributed by atoms with Gasteiger partial charge in [0.05, 0.1) is 10.5 Å². The largest absolute Gasteiger partial charge is 0.273 e. The summed E-state index contributed by atoms with van der Waals surface area (Å²) in [6.45, 7) is 0. The lowest BCUT2D eigenvalue weighted by Crippen LogP contribution is -2.61.